The Morgan fingerprint density at radius 2 is 1.85 bits per heavy atom. The minimum absolute atomic E-state index is 0.379. The Bertz CT molecular complexity index is 1070. The van der Waals surface area contributed by atoms with Crippen LogP contribution < -0.4 is 11.1 Å². The van der Waals surface area contributed by atoms with E-state index in [4.69, 9.17) is 28.9 Å². The summed E-state index contributed by atoms with van der Waals surface area (Å²) in [7, 11) is 0. The second kappa shape index (κ2) is 6.74. The molecule has 0 unspecified atom stereocenters. The summed E-state index contributed by atoms with van der Waals surface area (Å²) in [6.45, 7) is 0.379. The van der Waals surface area contributed by atoms with E-state index < -0.39 is 0 Å². The van der Waals surface area contributed by atoms with E-state index in [9.17, 15) is 0 Å². The quantitative estimate of drug-likeness (QED) is 0.554. The molecule has 0 saturated heterocycles. The highest BCUT2D eigenvalue weighted by atomic mass is 35.5. The van der Waals surface area contributed by atoms with Gasteiger partial charge in [-0.3, -0.25) is 0 Å². The molecule has 0 fully saturated rings. The summed E-state index contributed by atoms with van der Waals surface area (Å²) in [6.07, 6.45) is 1.61. The molecule has 0 aliphatic heterocycles. The van der Waals surface area contributed by atoms with Gasteiger partial charge < -0.3 is 11.1 Å². The number of benzene rings is 1. The molecule has 0 spiro atoms. The van der Waals surface area contributed by atoms with Crippen LogP contribution in [0.2, 0.25) is 10.0 Å². The van der Waals surface area contributed by atoms with Gasteiger partial charge in [0.25, 0.3) is 0 Å². The number of rotatable bonds is 4. The highest BCUT2D eigenvalue weighted by Crippen LogP contribution is 2.26. The molecule has 3 aromatic heterocycles. The second-order valence-corrected chi connectivity index (χ2v) is 6.29. The van der Waals surface area contributed by atoms with Crippen LogP contribution in [0.25, 0.3) is 17.0 Å². The van der Waals surface area contributed by atoms with E-state index in [1.807, 2.05) is 0 Å². The normalized spacial score (nSPS) is 11.0. The lowest BCUT2D eigenvalue weighted by atomic mass is 10.2. The molecule has 0 saturated carbocycles. The number of fused-ring (bicyclic) bond motifs is 1. The molecule has 3 N–H and O–H groups in total. The van der Waals surface area contributed by atoms with Crippen molar-refractivity contribution in [1.82, 2.24) is 29.8 Å². The van der Waals surface area contributed by atoms with E-state index in [1.54, 1.807) is 47.1 Å². The number of nitrogens with two attached hydrogens (primary N) is 1. The Morgan fingerprint density at radius 1 is 1.04 bits per heavy atom. The molecule has 0 atom stereocenters. The van der Waals surface area contributed by atoms with E-state index in [0.717, 1.165) is 5.56 Å². The maximum absolute atomic E-state index is 6.08. The Kier molecular flexibility index (Phi) is 4.27. The average Bonchev–Trinajstić information content (AvgIpc) is 3.02. The van der Waals surface area contributed by atoms with Gasteiger partial charge in [-0.2, -0.15) is 4.52 Å². The van der Waals surface area contributed by atoms with Crippen LogP contribution >= 0.6 is 23.2 Å². The summed E-state index contributed by atoms with van der Waals surface area (Å²) >= 11 is 12.2. The second-order valence-electron chi connectivity index (χ2n) is 5.42. The van der Waals surface area contributed by atoms with Gasteiger partial charge in [-0.25, -0.2) is 9.97 Å². The van der Waals surface area contributed by atoms with Gasteiger partial charge >= 0.3 is 0 Å². The Morgan fingerprint density at radius 3 is 2.62 bits per heavy atom. The lowest BCUT2D eigenvalue weighted by Gasteiger charge is -2.06. The fourth-order valence-electron chi connectivity index (χ4n) is 2.42. The summed E-state index contributed by atoms with van der Waals surface area (Å²) in [4.78, 5) is 8.29. The van der Waals surface area contributed by atoms with Crippen LogP contribution in [0.3, 0.4) is 0 Å². The number of nitrogen functional groups attached to an aromatic ring is 1. The van der Waals surface area contributed by atoms with Crippen molar-refractivity contribution in [3.8, 4) is 11.4 Å². The lowest BCUT2D eigenvalue weighted by molar-refractivity contribution is 0.900. The molecule has 4 aromatic rings. The molecule has 26 heavy (non-hydrogen) atoms. The number of nitrogens with zero attached hydrogens (tertiary/aromatic N) is 6. The van der Waals surface area contributed by atoms with Crippen LogP contribution in [-0.4, -0.2) is 29.8 Å². The van der Waals surface area contributed by atoms with Crippen LogP contribution in [0.4, 0.5) is 11.6 Å². The topological polar surface area (TPSA) is 107 Å². The third-order valence-electron chi connectivity index (χ3n) is 3.54. The van der Waals surface area contributed by atoms with Crippen LogP contribution in [0.5, 0.6) is 0 Å². The molecule has 3 heterocycles. The van der Waals surface area contributed by atoms with E-state index in [1.165, 1.54) is 0 Å². The minimum atomic E-state index is 0.379. The van der Waals surface area contributed by atoms with Crippen molar-refractivity contribution in [2.75, 3.05) is 11.1 Å². The highest BCUT2D eigenvalue weighted by Gasteiger charge is 2.12. The molecule has 4 rings (SSSR count). The Hall–Kier alpha value is -2.97. The third-order valence-corrected chi connectivity index (χ3v) is 3.97. The first-order valence-corrected chi connectivity index (χ1v) is 8.34. The molecular formula is C16H12Cl2N8. The largest absolute Gasteiger partial charge is 0.384 e. The zero-order valence-electron chi connectivity index (χ0n) is 13.3. The molecule has 0 aliphatic rings. The summed E-state index contributed by atoms with van der Waals surface area (Å²) < 4.78 is 1.62. The summed E-state index contributed by atoms with van der Waals surface area (Å²) in [5, 5.41) is 17.0. The predicted octanol–water partition coefficient (Wildman–Crippen LogP) is 3.08. The number of anilines is 2. The summed E-state index contributed by atoms with van der Waals surface area (Å²) in [6, 6.07) is 10.4. The number of nitrogens with one attached hydrogen (secondary N) is 1. The van der Waals surface area contributed by atoms with Crippen molar-refractivity contribution in [3.05, 3.63) is 58.5 Å². The molecule has 0 aliphatic carbocycles. The van der Waals surface area contributed by atoms with Gasteiger partial charge in [0.1, 0.15) is 17.5 Å². The Balaban J connectivity index is 1.66. The van der Waals surface area contributed by atoms with E-state index in [2.05, 4.69) is 30.6 Å². The maximum atomic E-state index is 6.08. The molecule has 0 bridgehead atoms. The van der Waals surface area contributed by atoms with Gasteiger partial charge in [-0.05, 0) is 36.4 Å². The third kappa shape index (κ3) is 3.37. The van der Waals surface area contributed by atoms with Gasteiger partial charge in [0, 0.05) is 21.8 Å². The predicted molar refractivity (Wildman–Crippen MR) is 100 cm³/mol. The number of hydrogen-bond donors (Lipinski definition) is 2. The van der Waals surface area contributed by atoms with Crippen molar-refractivity contribution >= 4 is 40.5 Å². The van der Waals surface area contributed by atoms with Crippen molar-refractivity contribution in [2.45, 2.75) is 6.54 Å². The molecule has 10 heteroatoms. The zero-order valence-corrected chi connectivity index (χ0v) is 14.8. The first-order valence-electron chi connectivity index (χ1n) is 7.59. The number of halogens is 2. The van der Waals surface area contributed by atoms with Crippen LogP contribution in [0.15, 0.2) is 42.6 Å². The van der Waals surface area contributed by atoms with E-state index in [0.29, 0.717) is 45.5 Å². The van der Waals surface area contributed by atoms with Crippen LogP contribution in [0, 0.1) is 0 Å². The van der Waals surface area contributed by atoms with Crippen molar-refractivity contribution in [2.24, 2.45) is 0 Å². The van der Waals surface area contributed by atoms with Crippen molar-refractivity contribution < 1.29 is 0 Å². The smallest absolute Gasteiger partial charge is 0.185 e. The molecule has 8 nitrogen and oxygen atoms in total. The summed E-state index contributed by atoms with van der Waals surface area (Å²) in [5.74, 6) is 2.13. The summed E-state index contributed by atoms with van der Waals surface area (Å²) in [5.41, 5.74) is 6.98. The van der Waals surface area contributed by atoms with Gasteiger partial charge in [0.05, 0.1) is 6.54 Å². The highest BCUT2D eigenvalue weighted by molar-refractivity contribution is 6.35. The minimum Gasteiger partial charge on any atom is -0.384 e. The lowest BCUT2D eigenvalue weighted by Crippen LogP contribution is -2.08. The van der Waals surface area contributed by atoms with Gasteiger partial charge in [-0.15, -0.1) is 15.3 Å². The van der Waals surface area contributed by atoms with Gasteiger partial charge in [-0.1, -0.05) is 23.2 Å². The van der Waals surface area contributed by atoms with Gasteiger partial charge in [0.2, 0.25) is 0 Å². The SMILES string of the molecule is Nc1ccnc(CNc2ccc3nnc(-c4cc(Cl)cc(Cl)c4)n3n2)n1. The molecule has 130 valence electrons. The van der Waals surface area contributed by atoms with Crippen LogP contribution in [-0.2, 0) is 6.54 Å². The first kappa shape index (κ1) is 16.5. The zero-order chi connectivity index (χ0) is 18.1. The average molecular weight is 387 g/mol. The van der Waals surface area contributed by atoms with Crippen LogP contribution in [0.1, 0.15) is 5.82 Å². The standard InChI is InChI=1S/C16H12Cl2N8/c17-10-5-9(6-11(18)7-10)16-24-23-15-2-1-13(25-26(15)16)21-8-14-20-4-3-12(19)22-14/h1-7H,8H2,(H,21,25)(H2,19,20,22). The first-order chi connectivity index (χ1) is 12.6. The Labute approximate surface area is 158 Å². The maximum Gasteiger partial charge on any atom is 0.185 e. The number of hydrogen-bond acceptors (Lipinski definition) is 7. The fourth-order valence-corrected chi connectivity index (χ4v) is 2.94. The molecule has 0 amide bonds. The van der Waals surface area contributed by atoms with Crippen molar-refractivity contribution in [1.29, 1.82) is 0 Å². The van der Waals surface area contributed by atoms with E-state index in [-0.39, 0.29) is 0 Å². The monoisotopic (exact) mass is 386 g/mol. The fraction of sp³-hybridized carbons (Fsp3) is 0.0625. The molecular weight excluding hydrogens is 375 g/mol. The molecule has 1 aromatic carbocycles. The molecule has 0 radical (unpaired) electrons. The van der Waals surface area contributed by atoms with Gasteiger partial charge in [0.15, 0.2) is 11.5 Å². The number of aromatic nitrogens is 6. The van der Waals surface area contributed by atoms with Crippen molar-refractivity contribution in [3.63, 3.8) is 0 Å². The van der Waals surface area contributed by atoms with E-state index >= 15 is 0 Å².